The van der Waals surface area contributed by atoms with E-state index in [4.69, 9.17) is 9.84 Å². The topological polar surface area (TPSA) is 63.6 Å². The van der Waals surface area contributed by atoms with Gasteiger partial charge in [0.1, 0.15) is 6.10 Å². The van der Waals surface area contributed by atoms with Gasteiger partial charge in [0, 0.05) is 12.8 Å². The highest BCUT2D eigenvalue weighted by Crippen LogP contribution is 2.17. The van der Waals surface area contributed by atoms with E-state index in [0.717, 1.165) is 64.2 Å². The van der Waals surface area contributed by atoms with E-state index in [1.807, 2.05) is 0 Å². The van der Waals surface area contributed by atoms with Gasteiger partial charge in [-0.15, -0.1) is 0 Å². The molecule has 0 aromatic heterocycles. The third kappa shape index (κ3) is 25.1. The quantitative estimate of drug-likeness (QED) is 0.0827. The molecule has 0 saturated heterocycles. The number of aliphatic carboxylic acids is 1. The van der Waals surface area contributed by atoms with Crippen LogP contribution in [0.3, 0.4) is 0 Å². The molecule has 1 N–H and O–H groups in total. The van der Waals surface area contributed by atoms with Crippen LogP contribution in [0.4, 0.5) is 0 Å². The summed E-state index contributed by atoms with van der Waals surface area (Å²) in [5.74, 6) is -0.723. The summed E-state index contributed by atoms with van der Waals surface area (Å²) in [7, 11) is 0. The summed E-state index contributed by atoms with van der Waals surface area (Å²) in [5.41, 5.74) is 0. The van der Waals surface area contributed by atoms with Gasteiger partial charge < -0.3 is 9.84 Å². The van der Waals surface area contributed by atoms with E-state index in [9.17, 15) is 9.59 Å². The minimum absolute atomic E-state index is 0.0184. The fraction of sp³-hybridized carbons (Fsp3) is 0.862. The summed E-state index contributed by atoms with van der Waals surface area (Å²) in [4.78, 5) is 22.9. The summed E-state index contributed by atoms with van der Waals surface area (Å²) in [6, 6.07) is 0. The Morgan fingerprint density at radius 1 is 0.636 bits per heavy atom. The number of ether oxygens (including phenoxy) is 1. The first-order valence-corrected chi connectivity index (χ1v) is 14.2. The van der Waals surface area contributed by atoms with Crippen LogP contribution in [-0.2, 0) is 14.3 Å². The molecule has 0 bridgehead atoms. The van der Waals surface area contributed by atoms with Crippen LogP contribution in [0.25, 0.3) is 0 Å². The Labute approximate surface area is 204 Å². The van der Waals surface area contributed by atoms with Crippen LogP contribution in [0.2, 0.25) is 0 Å². The molecule has 0 aromatic carbocycles. The fourth-order valence-electron chi connectivity index (χ4n) is 4.10. The lowest BCUT2D eigenvalue weighted by molar-refractivity contribution is -0.150. The molecule has 0 spiro atoms. The maximum Gasteiger partial charge on any atom is 0.306 e. The summed E-state index contributed by atoms with van der Waals surface area (Å²) in [6.07, 6.45) is 28.1. The lowest BCUT2D eigenvalue weighted by atomic mass is 10.0. The number of hydrogen-bond donors (Lipinski definition) is 1. The van der Waals surface area contributed by atoms with E-state index >= 15 is 0 Å². The van der Waals surface area contributed by atoms with Gasteiger partial charge in [0.25, 0.3) is 0 Å². The molecule has 0 aromatic rings. The van der Waals surface area contributed by atoms with Gasteiger partial charge in [-0.3, -0.25) is 9.59 Å². The minimum Gasteiger partial charge on any atom is -0.481 e. The summed E-state index contributed by atoms with van der Waals surface area (Å²) < 4.78 is 5.83. The third-order valence-electron chi connectivity index (χ3n) is 6.24. The molecule has 0 aliphatic carbocycles. The predicted molar refractivity (Wildman–Crippen MR) is 140 cm³/mol. The number of esters is 1. The van der Waals surface area contributed by atoms with Gasteiger partial charge in [-0.05, 0) is 57.8 Å². The van der Waals surface area contributed by atoms with E-state index in [1.165, 1.54) is 64.2 Å². The Balaban J connectivity index is 3.81. The van der Waals surface area contributed by atoms with Crippen LogP contribution in [0.1, 0.15) is 155 Å². The minimum atomic E-state index is -0.705. The van der Waals surface area contributed by atoms with Crippen LogP contribution in [-0.4, -0.2) is 23.1 Å². The number of carbonyl (C=O) groups excluding carboxylic acids is 1. The standard InChI is InChI=1S/C29H54O4/c1-3-5-7-8-9-10-11-12-13-14-18-22-26-29(32)33-27(23-19-6-4-2)24-20-16-15-17-21-25-28(30)31/h8-9,27H,3-7,10-26H2,1-2H3,(H,30,31)/b9-8-. The van der Waals surface area contributed by atoms with E-state index in [2.05, 4.69) is 26.0 Å². The SMILES string of the molecule is CCCC/C=C\CCCCCCCCC(=O)OC(CCCCC)CCCCCCCC(=O)O. The van der Waals surface area contributed by atoms with Gasteiger partial charge in [-0.25, -0.2) is 0 Å². The van der Waals surface area contributed by atoms with Crippen molar-refractivity contribution in [2.45, 2.75) is 161 Å². The molecule has 194 valence electrons. The second-order valence-electron chi connectivity index (χ2n) is 9.58. The number of carbonyl (C=O) groups is 2. The highest BCUT2D eigenvalue weighted by Gasteiger charge is 2.14. The molecule has 0 fully saturated rings. The molecule has 4 nitrogen and oxygen atoms in total. The molecule has 0 rings (SSSR count). The molecule has 0 aliphatic heterocycles. The van der Waals surface area contributed by atoms with Crippen LogP contribution in [0.5, 0.6) is 0 Å². The van der Waals surface area contributed by atoms with Crippen molar-refractivity contribution >= 4 is 11.9 Å². The zero-order valence-electron chi connectivity index (χ0n) is 22.0. The Hall–Kier alpha value is -1.32. The first-order valence-electron chi connectivity index (χ1n) is 14.2. The molecule has 0 saturated carbocycles. The van der Waals surface area contributed by atoms with Gasteiger partial charge in [0.15, 0.2) is 0 Å². The van der Waals surface area contributed by atoms with Gasteiger partial charge >= 0.3 is 11.9 Å². The number of carboxylic acids is 1. The second-order valence-corrected chi connectivity index (χ2v) is 9.58. The van der Waals surface area contributed by atoms with Gasteiger partial charge in [0.05, 0.1) is 0 Å². The van der Waals surface area contributed by atoms with Crippen LogP contribution >= 0.6 is 0 Å². The Bertz CT molecular complexity index is 472. The van der Waals surface area contributed by atoms with Crippen molar-refractivity contribution in [3.8, 4) is 0 Å². The van der Waals surface area contributed by atoms with Crippen molar-refractivity contribution in [3.05, 3.63) is 12.2 Å². The fourth-order valence-corrected chi connectivity index (χ4v) is 4.10. The van der Waals surface area contributed by atoms with Crippen molar-refractivity contribution < 1.29 is 19.4 Å². The van der Waals surface area contributed by atoms with Crippen LogP contribution < -0.4 is 0 Å². The number of carboxylic acid groups (broad SMARTS) is 1. The number of unbranched alkanes of at least 4 members (excludes halogenated alkanes) is 14. The Morgan fingerprint density at radius 3 is 1.73 bits per heavy atom. The van der Waals surface area contributed by atoms with Crippen molar-refractivity contribution in [3.63, 3.8) is 0 Å². The molecular weight excluding hydrogens is 412 g/mol. The number of allylic oxidation sites excluding steroid dienone is 2. The van der Waals surface area contributed by atoms with Crippen LogP contribution in [0.15, 0.2) is 12.2 Å². The smallest absolute Gasteiger partial charge is 0.306 e. The molecule has 4 heteroatoms. The third-order valence-corrected chi connectivity index (χ3v) is 6.24. The van der Waals surface area contributed by atoms with Crippen molar-refractivity contribution in [1.29, 1.82) is 0 Å². The molecule has 1 unspecified atom stereocenters. The first kappa shape index (κ1) is 31.7. The Morgan fingerprint density at radius 2 is 1.12 bits per heavy atom. The number of hydrogen-bond acceptors (Lipinski definition) is 3. The molecular formula is C29H54O4. The molecule has 0 amide bonds. The van der Waals surface area contributed by atoms with E-state index < -0.39 is 5.97 Å². The normalized spacial score (nSPS) is 12.3. The average Bonchev–Trinajstić information content (AvgIpc) is 2.79. The first-order chi connectivity index (χ1) is 16.1. The number of rotatable bonds is 25. The van der Waals surface area contributed by atoms with Gasteiger partial charge in [-0.1, -0.05) is 96.6 Å². The molecule has 0 radical (unpaired) electrons. The predicted octanol–water partition coefficient (Wildman–Crippen LogP) is 9.16. The van der Waals surface area contributed by atoms with Crippen LogP contribution in [0, 0.1) is 0 Å². The highest BCUT2D eigenvalue weighted by atomic mass is 16.5. The maximum atomic E-state index is 12.3. The van der Waals surface area contributed by atoms with E-state index in [1.54, 1.807) is 0 Å². The monoisotopic (exact) mass is 466 g/mol. The van der Waals surface area contributed by atoms with E-state index in [-0.39, 0.29) is 18.5 Å². The zero-order chi connectivity index (χ0) is 24.4. The summed E-state index contributed by atoms with van der Waals surface area (Å²) in [5, 5.41) is 8.69. The zero-order valence-corrected chi connectivity index (χ0v) is 22.0. The molecule has 33 heavy (non-hydrogen) atoms. The summed E-state index contributed by atoms with van der Waals surface area (Å²) in [6.45, 7) is 4.43. The van der Waals surface area contributed by atoms with E-state index in [0.29, 0.717) is 6.42 Å². The Kier molecular flexibility index (Phi) is 24.3. The largest absolute Gasteiger partial charge is 0.481 e. The maximum absolute atomic E-state index is 12.3. The lowest BCUT2D eigenvalue weighted by Crippen LogP contribution is -2.18. The van der Waals surface area contributed by atoms with Gasteiger partial charge in [0.2, 0.25) is 0 Å². The van der Waals surface area contributed by atoms with Crippen molar-refractivity contribution in [2.24, 2.45) is 0 Å². The van der Waals surface area contributed by atoms with Gasteiger partial charge in [-0.2, -0.15) is 0 Å². The molecule has 1 atom stereocenters. The highest BCUT2D eigenvalue weighted by molar-refractivity contribution is 5.69. The lowest BCUT2D eigenvalue weighted by Gasteiger charge is -2.18. The average molecular weight is 467 g/mol. The van der Waals surface area contributed by atoms with Crippen molar-refractivity contribution in [1.82, 2.24) is 0 Å². The second kappa shape index (κ2) is 25.3. The summed E-state index contributed by atoms with van der Waals surface area (Å²) >= 11 is 0. The molecule has 0 heterocycles. The van der Waals surface area contributed by atoms with Crippen molar-refractivity contribution in [2.75, 3.05) is 0 Å². The molecule has 0 aliphatic rings.